The van der Waals surface area contributed by atoms with Gasteiger partial charge in [0.15, 0.2) is 12.4 Å². The minimum atomic E-state index is -0.729. The van der Waals surface area contributed by atoms with Crippen LogP contribution in [0, 0.1) is 5.92 Å². The summed E-state index contributed by atoms with van der Waals surface area (Å²) in [4.78, 5) is 46.7. The Morgan fingerprint density at radius 2 is 1.89 bits per heavy atom. The summed E-state index contributed by atoms with van der Waals surface area (Å²) in [6.07, 6.45) is 5.60. The molecular weight excluding hydrogens is 354 g/mol. The lowest BCUT2D eigenvalue weighted by molar-refractivity contribution is -0.148. The van der Waals surface area contributed by atoms with Gasteiger partial charge in [-0.15, -0.1) is 0 Å². The first-order valence-corrected chi connectivity index (χ1v) is 8.99. The Hall–Kier alpha value is -2.84. The number of amides is 3. The fraction of sp³-hybridized carbons (Fsp3) is 0.556. The number of carbonyl (C=O) groups excluding carboxylic acids is 4. The summed E-state index contributed by atoms with van der Waals surface area (Å²) in [6, 6.07) is 3.13. The maximum absolute atomic E-state index is 11.9. The number of hydrogen-bond acceptors (Lipinski definition) is 6. The van der Waals surface area contributed by atoms with E-state index in [9.17, 15) is 19.2 Å². The van der Waals surface area contributed by atoms with Gasteiger partial charge >= 0.3 is 5.97 Å². The highest BCUT2D eigenvalue weighted by Gasteiger charge is 2.23. The quantitative estimate of drug-likeness (QED) is 0.560. The van der Waals surface area contributed by atoms with Gasteiger partial charge < -0.3 is 25.1 Å². The van der Waals surface area contributed by atoms with E-state index in [2.05, 4.69) is 22.9 Å². The van der Waals surface area contributed by atoms with E-state index < -0.39 is 17.8 Å². The van der Waals surface area contributed by atoms with Crippen molar-refractivity contribution in [3.05, 3.63) is 24.2 Å². The molecule has 0 saturated heterocycles. The van der Waals surface area contributed by atoms with E-state index in [1.807, 2.05) is 0 Å². The van der Waals surface area contributed by atoms with E-state index in [4.69, 9.17) is 9.15 Å². The third-order valence-electron chi connectivity index (χ3n) is 4.41. The van der Waals surface area contributed by atoms with Crippen LogP contribution in [0.3, 0.4) is 0 Å². The Morgan fingerprint density at radius 3 is 2.59 bits per heavy atom. The first kappa shape index (κ1) is 20.5. The summed E-state index contributed by atoms with van der Waals surface area (Å²) in [7, 11) is 0. The summed E-state index contributed by atoms with van der Waals surface area (Å²) in [5, 5.41) is 7.53. The van der Waals surface area contributed by atoms with E-state index >= 15 is 0 Å². The van der Waals surface area contributed by atoms with Gasteiger partial charge in [-0.25, -0.2) is 0 Å². The molecule has 3 N–H and O–H groups in total. The van der Waals surface area contributed by atoms with Crippen molar-refractivity contribution in [3.63, 3.8) is 0 Å². The van der Waals surface area contributed by atoms with Gasteiger partial charge in [-0.2, -0.15) is 0 Å². The standard InChI is InChI=1S/C18H25N3O6/c1-12-5-2-3-6-13(12)21-16(23)11-27-17(24)10-19-15(22)9-20-18(25)14-7-4-8-26-14/h4,7-8,12-13H,2-3,5-6,9-11H2,1H3,(H,19,22)(H,20,25)(H,21,23)/t12-,13+/m1/s1. The number of nitrogens with one attached hydrogen (secondary N) is 3. The van der Waals surface area contributed by atoms with Crippen molar-refractivity contribution in [1.82, 2.24) is 16.0 Å². The highest BCUT2D eigenvalue weighted by molar-refractivity contribution is 5.94. The molecule has 1 aromatic rings. The van der Waals surface area contributed by atoms with Crippen LogP contribution in [0.2, 0.25) is 0 Å². The fourth-order valence-electron chi connectivity index (χ4n) is 2.86. The number of ether oxygens (including phenoxy) is 1. The van der Waals surface area contributed by atoms with E-state index in [-0.39, 0.29) is 37.4 Å². The van der Waals surface area contributed by atoms with Crippen LogP contribution in [0.15, 0.2) is 22.8 Å². The Morgan fingerprint density at radius 1 is 1.11 bits per heavy atom. The first-order chi connectivity index (χ1) is 13.0. The van der Waals surface area contributed by atoms with Gasteiger partial charge in [0, 0.05) is 6.04 Å². The molecule has 27 heavy (non-hydrogen) atoms. The van der Waals surface area contributed by atoms with Crippen LogP contribution in [0.25, 0.3) is 0 Å². The van der Waals surface area contributed by atoms with Crippen LogP contribution in [-0.4, -0.2) is 49.4 Å². The van der Waals surface area contributed by atoms with E-state index in [0.29, 0.717) is 5.92 Å². The third-order valence-corrected chi connectivity index (χ3v) is 4.41. The normalized spacial score (nSPS) is 19.0. The molecule has 0 aliphatic heterocycles. The predicted molar refractivity (Wildman–Crippen MR) is 94.6 cm³/mol. The van der Waals surface area contributed by atoms with Gasteiger partial charge in [0.1, 0.15) is 6.54 Å². The summed E-state index contributed by atoms with van der Waals surface area (Å²) in [5.74, 6) is -1.68. The SMILES string of the molecule is C[C@@H]1CCCC[C@@H]1NC(=O)COC(=O)CNC(=O)CNC(=O)c1ccco1. The van der Waals surface area contributed by atoms with Crippen molar-refractivity contribution in [2.45, 2.75) is 38.6 Å². The zero-order chi connectivity index (χ0) is 19.6. The maximum atomic E-state index is 11.9. The Kier molecular flexibility index (Phi) is 7.84. The van der Waals surface area contributed by atoms with Gasteiger partial charge in [-0.05, 0) is 30.9 Å². The minimum absolute atomic E-state index is 0.0838. The predicted octanol–water partition coefficient (Wildman–Crippen LogP) is 0.364. The lowest BCUT2D eigenvalue weighted by atomic mass is 9.86. The zero-order valence-corrected chi connectivity index (χ0v) is 15.3. The molecule has 3 amide bonds. The summed E-state index contributed by atoms with van der Waals surface area (Å²) in [5.41, 5.74) is 0. The molecule has 1 saturated carbocycles. The van der Waals surface area contributed by atoms with Gasteiger partial charge in [0.05, 0.1) is 12.8 Å². The van der Waals surface area contributed by atoms with Gasteiger partial charge in [0.25, 0.3) is 11.8 Å². The lowest BCUT2D eigenvalue weighted by Crippen LogP contribution is -2.43. The van der Waals surface area contributed by atoms with Crippen LogP contribution >= 0.6 is 0 Å². The second kappa shape index (κ2) is 10.3. The molecule has 2 atom stereocenters. The molecule has 1 aromatic heterocycles. The molecule has 9 heteroatoms. The summed E-state index contributed by atoms with van der Waals surface area (Å²) < 4.78 is 9.73. The second-order valence-corrected chi connectivity index (χ2v) is 6.53. The Bertz CT molecular complexity index is 658. The van der Waals surface area contributed by atoms with Crippen LogP contribution < -0.4 is 16.0 Å². The largest absolute Gasteiger partial charge is 0.459 e. The topological polar surface area (TPSA) is 127 Å². The molecule has 1 aliphatic rings. The van der Waals surface area contributed by atoms with E-state index in [0.717, 1.165) is 19.3 Å². The lowest BCUT2D eigenvalue weighted by Gasteiger charge is -2.29. The molecule has 1 heterocycles. The highest BCUT2D eigenvalue weighted by atomic mass is 16.5. The molecule has 0 spiro atoms. The Labute approximate surface area is 157 Å². The molecule has 0 bridgehead atoms. The average molecular weight is 379 g/mol. The van der Waals surface area contributed by atoms with E-state index in [1.165, 1.54) is 18.8 Å². The maximum Gasteiger partial charge on any atom is 0.325 e. The van der Waals surface area contributed by atoms with Gasteiger partial charge in [-0.3, -0.25) is 19.2 Å². The van der Waals surface area contributed by atoms with Crippen molar-refractivity contribution in [3.8, 4) is 0 Å². The number of hydrogen-bond donors (Lipinski definition) is 3. The van der Waals surface area contributed by atoms with Crippen molar-refractivity contribution in [2.75, 3.05) is 19.7 Å². The molecule has 1 aliphatic carbocycles. The van der Waals surface area contributed by atoms with Crippen LogP contribution in [0.1, 0.15) is 43.2 Å². The number of rotatable bonds is 8. The first-order valence-electron chi connectivity index (χ1n) is 8.99. The van der Waals surface area contributed by atoms with Crippen molar-refractivity contribution < 1.29 is 28.3 Å². The van der Waals surface area contributed by atoms with Crippen LogP contribution in [-0.2, 0) is 19.1 Å². The number of furan rings is 1. The molecular formula is C18H25N3O6. The third kappa shape index (κ3) is 7.12. The Balaban J connectivity index is 1.57. The molecule has 0 unspecified atom stereocenters. The molecule has 0 aromatic carbocycles. The number of carbonyl (C=O) groups is 4. The zero-order valence-electron chi connectivity index (χ0n) is 15.3. The fourth-order valence-corrected chi connectivity index (χ4v) is 2.86. The second-order valence-electron chi connectivity index (χ2n) is 6.53. The summed E-state index contributed by atoms with van der Waals surface area (Å²) in [6.45, 7) is 1.01. The van der Waals surface area contributed by atoms with E-state index in [1.54, 1.807) is 6.07 Å². The van der Waals surface area contributed by atoms with Crippen molar-refractivity contribution in [1.29, 1.82) is 0 Å². The monoisotopic (exact) mass is 379 g/mol. The number of esters is 1. The van der Waals surface area contributed by atoms with Crippen LogP contribution in [0.4, 0.5) is 0 Å². The highest BCUT2D eigenvalue weighted by Crippen LogP contribution is 2.23. The van der Waals surface area contributed by atoms with Crippen molar-refractivity contribution >= 4 is 23.7 Å². The molecule has 148 valence electrons. The average Bonchev–Trinajstić information content (AvgIpc) is 3.19. The smallest absolute Gasteiger partial charge is 0.325 e. The summed E-state index contributed by atoms with van der Waals surface area (Å²) >= 11 is 0. The molecule has 0 radical (unpaired) electrons. The molecule has 9 nitrogen and oxygen atoms in total. The van der Waals surface area contributed by atoms with Crippen molar-refractivity contribution in [2.24, 2.45) is 5.92 Å². The van der Waals surface area contributed by atoms with Gasteiger partial charge in [-0.1, -0.05) is 19.8 Å². The van der Waals surface area contributed by atoms with Crippen LogP contribution in [0.5, 0.6) is 0 Å². The molecule has 2 rings (SSSR count). The molecule has 1 fully saturated rings. The van der Waals surface area contributed by atoms with Gasteiger partial charge in [0.2, 0.25) is 5.91 Å². The minimum Gasteiger partial charge on any atom is -0.459 e.